The molecule has 0 aliphatic carbocycles. The van der Waals surface area contributed by atoms with Gasteiger partial charge in [-0.25, -0.2) is 0 Å². The minimum Gasteiger partial charge on any atom is -0.496 e. The molecular weight excluding hydrogens is 348 g/mol. The maximum atomic E-state index is 5.94. The van der Waals surface area contributed by atoms with Gasteiger partial charge in [-0.2, -0.15) is 0 Å². The minimum absolute atomic E-state index is 0.626. The molecule has 0 atom stereocenters. The molecule has 0 fully saturated rings. The third kappa shape index (κ3) is 2.30. The van der Waals surface area contributed by atoms with Crippen LogP contribution >= 0.6 is 31.9 Å². The van der Waals surface area contributed by atoms with Gasteiger partial charge in [0.15, 0.2) is 0 Å². The van der Waals surface area contributed by atoms with Crippen LogP contribution in [-0.2, 0) is 0 Å². The number of aromatic nitrogens is 1. The summed E-state index contributed by atoms with van der Waals surface area (Å²) in [4.78, 5) is 4.36. The zero-order valence-corrected chi connectivity index (χ0v) is 12.2. The van der Waals surface area contributed by atoms with Crippen molar-refractivity contribution >= 4 is 37.5 Å². The number of para-hydroxylation sites is 1. The minimum atomic E-state index is 0.626. The van der Waals surface area contributed by atoms with E-state index in [0.29, 0.717) is 5.69 Å². The second-order valence-corrected chi connectivity index (χ2v) is 5.03. The van der Waals surface area contributed by atoms with Gasteiger partial charge in [0.2, 0.25) is 0 Å². The van der Waals surface area contributed by atoms with E-state index < -0.39 is 0 Å². The fourth-order valence-corrected chi connectivity index (χ4v) is 2.60. The Bertz CT molecular complexity index is 558. The summed E-state index contributed by atoms with van der Waals surface area (Å²) in [6.07, 6.45) is 1.68. The third-order valence-corrected chi connectivity index (χ3v) is 3.81. The number of nitrogens with two attached hydrogens (primary N) is 1. The van der Waals surface area contributed by atoms with Crippen molar-refractivity contribution in [2.75, 3.05) is 12.8 Å². The summed E-state index contributed by atoms with van der Waals surface area (Å²) < 4.78 is 6.84. The molecule has 5 heteroatoms. The second kappa shape index (κ2) is 5.06. The number of pyridine rings is 1. The van der Waals surface area contributed by atoms with E-state index in [1.165, 1.54) is 0 Å². The first-order valence-electron chi connectivity index (χ1n) is 4.88. The molecule has 1 heterocycles. The van der Waals surface area contributed by atoms with Crippen molar-refractivity contribution in [3.8, 4) is 17.0 Å². The van der Waals surface area contributed by atoms with Gasteiger partial charge in [0.1, 0.15) is 5.75 Å². The van der Waals surface area contributed by atoms with Crippen LogP contribution in [0.25, 0.3) is 11.3 Å². The SMILES string of the molecule is COc1ccccc1-c1ncc(Br)c(N)c1Br. The van der Waals surface area contributed by atoms with Gasteiger partial charge in [-0.1, -0.05) is 12.1 Å². The Hall–Kier alpha value is -1.07. The zero-order chi connectivity index (χ0) is 12.4. The van der Waals surface area contributed by atoms with Gasteiger partial charge in [-0.05, 0) is 44.0 Å². The maximum Gasteiger partial charge on any atom is 0.128 e. The quantitative estimate of drug-likeness (QED) is 0.887. The highest BCUT2D eigenvalue weighted by atomic mass is 79.9. The van der Waals surface area contributed by atoms with Crippen LogP contribution < -0.4 is 10.5 Å². The number of nitrogens with zero attached hydrogens (tertiary/aromatic N) is 1. The molecule has 0 aliphatic rings. The molecular formula is C12H10Br2N2O. The third-order valence-electron chi connectivity index (χ3n) is 2.37. The average molecular weight is 358 g/mol. The summed E-state index contributed by atoms with van der Waals surface area (Å²) in [5.41, 5.74) is 8.23. The Kier molecular flexibility index (Phi) is 3.69. The lowest BCUT2D eigenvalue weighted by Crippen LogP contribution is -1.95. The topological polar surface area (TPSA) is 48.1 Å². The number of anilines is 1. The number of rotatable bonds is 2. The molecule has 0 aliphatic heterocycles. The molecule has 0 unspecified atom stereocenters. The van der Waals surface area contributed by atoms with E-state index in [0.717, 1.165) is 26.0 Å². The zero-order valence-electron chi connectivity index (χ0n) is 9.08. The van der Waals surface area contributed by atoms with Crippen molar-refractivity contribution in [2.24, 2.45) is 0 Å². The first-order valence-corrected chi connectivity index (χ1v) is 6.46. The Morgan fingerprint density at radius 3 is 2.65 bits per heavy atom. The van der Waals surface area contributed by atoms with Crippen molar-refractivity contribution in [3.05, 3.63) is 39.4 Å². The molecule has 88 valence electrons. The monoisotopic (exact) mass is 356 g/mol. The smallest absolute Gasteiger partial charge is 0.128 e. The van der Waals surface area contributed by atoms with Gasteiger partial charge in [-0.3, -0.25) is 4.98 Å². The fraction of sp³-hybridized carbons (Fsp3) is 0.0833. The molecule has 0 saturated heterocycles. The number of halogens is 2. The Morgan fingerprint density at radius 1 is 1.24 bits per heavy atom. The summed E-state index contributed by atoms with van der Waals surface area (Å²) in [7, 11) is 1.63. The molecule has 3 nitrogen and oxygen atoms in total. The number of methoxy groups -OCH3 is 1. The molecule has 0 saturated carbocycles. The summed E-state index contributed by atoms with van der Waals surface area (Å²) in [5, 5.41) is 0. The largest absolute Gasteiger partial charge is 0.496 e. The van der Waals surface area contributed by atoms with Gasteiger partial charge >= 0.3 is 0 Å². The van der Waals surface area contributed by atoms with Crippen molar-refractivity contribution < 1.29 is 4.74 Å². The fourth-order valence-electron chi connectivity index (χ4n) is 1.51. The molecule has 0 spiro atoms. The second-order valence-electron chi connectivity index (χ2n) is 3.38. The van der Waals surface area contributed by atoms with Crippen molar-refractivity contribution in [2.45, 2.75) is 0 Å². The summed E-state index contributed by atoms with van der Waals surface area (Å²) >= 11 is 6.80. The molecule has 0 radical (unpaired) electrons. The normalized spacial score (nSPS) is 10.3. The van der Waals surface area contributed by atoms with Crippen LogP contribution in [0, 0.1) is 0 Å². The van der Waals surface area contributed by atoms with Gasteiger partial charge in [0, 0.05) is 11.8 Å². The summed E-state index contributed by atoms with van der Waals surface area (Å²) in [5.74, 6) is 0.766. The molecule has 2 aromatic rings. The average Bonchev–Trinajstić information content (AvgIpc) is 2.36. The molecule has 17 heavy (non-hydrogen) atoms. The van der Waals surface area contributed by atoms with E-state index in [1.807, 2.05) is 24.3 Å². The van der Waals surface area contributed by atoms with E-state index in [1.54, 1.807) is 13.3 Å². The van der Waals surface area contributed by atoms with E-state index >= 15 is 0 Å². The van der Waals surface area contributed by atoms with Crippen LogP contribution in [0.15, 0.2) is 39.4 Å². The number of hydrogen-bond donors (Lipinski definition) is 1. The number of nitrogen functional groups attached to an aromatic ring is 1. The van der Waals surface area contributed by atoms with Gasteiger partial charge < -0.3 is 10.5 Å². The molecule has 0 amide bonds. The van der Waals surface area contributed by atoms with Crippen LogP contribution in [0.2, 0.25) is 0 Å². The van der Waals surface area contributed by atoms with E-state index in [2.05, 4.69) is 36.8 Å². The van der Waals surface area contributed by atoms with Crippen LogP contribution in [0.3, 0.4) is 0 Å². The van der Waals surface area contributed by atoms with E-state index in [9.17, 15) is 0 Å². The predicted octanol–water partition coefficient (Wildman–Crippen LogP) is 3.86. The van der Waals surface area contributed by atoms with Gasteiger partial charge in [0.25, 0.3) is 0 Å². The Labute approximate surface area is 116 Å². The van der Waals surface area contributed by atoms with Gasteiger partial charge in [0.05, 0.1) is 27.4 Å². The molecule has 2 rings (SSSR count). The molecule has 1 aromatic heterocycles. The van der Waals surface area contributed by atoms with Crippen molar-refractivity contribution in [3.63, 3.8) is 0 Å². The standard InChI is InChI=1S/C12H10Br2N2O/c1-17-9-5-3-2-4-7(9)12-10(14)11(15)8(13)6-16-12/h2-6H,1H3,(H2,15,16). The lowest BCUT2D eigenvalue weighted by atomic mass is 10.1. The Morgan fingerprint density at radius 2 is 1.94 bits per heavy atom. The number of hydrogen-bond acceptors (Lipinski definition) is 3. The van der Waals surface area contributed by atoms with Crippen LogP contribution in [0.5, 0.6) is 5.75 Å². The lowest BCUT2D eigenvalue weighted by molar-refractivity contribution is 0.416. The number of ether oxygens (including phenoxy) is 1. The van der Waals surface area contributed by atoms with Crippen LogP contribution in [-0.4, -0.2) is 12.1 Å². The highest BCUT2D eigenvalue weighted by Gasteiger charge is 2.13. The predicted molar refractivity (Wildman–Crippen MR) is 76.0 cm³/mol. The van der Waals surface area contributed by atoms with Gasteiger partial charge in [-0.15, -0.1) is 0 Å². The number of benzene rings is 1. The maximum absolute atomic E-state index is 5.94. The van der Waals surface area contributed by atoms with Crippen molar-refractivity contribution in [1.29, 1.82) is 0 Å². The van der Waals surface area contributed by atoms with Crippen LogP contribution in [0.4, 0.5) is 5.69 Å². The van der Waals surface area contributed by atoms with E-state index in [-0.39, 0.29) is 0 Å². The summed E-state index contributed by atoms with van der Waals surface area (Å²) in [6, 6.07) is 7.68. The highest BCUT2D eigenvalue weighted by molar-refractivity contribution is 9.11. The first-order chi connectivity index (χ1) is 8.15. The summed E-state index contributed by atoms with van der Waals surface area (Å²) in [6.45, 7) is 0. The molecule has 1 aromatic carbocycles. The van der Waals surface area contributed by atoms with Crippen LogP contribution in [0.1, 0.15) is 0 Å². The van der Waals surface area contributed by atoms with E-state index in [4.69, 9.17) is 10.5 Å². The highest BCUT2D eigenvalue weighted by Crippen LogP contribution is 2.38. The molecule has 2 N–H and O–H groups in total. The lowest BCUT2D eigenvalue weighted by Gasteiger charge is -2.11. The first kappa shape index (κ1) is 12.4. The van der Waals surface area contributed by atoms with Crippen molar-refractivity contribution in [1.82, 2.24) is 4.98 Å². The molecule has 0 bridgehead atoms. The Balaban J connectivity index is 2.65.